The van der Waals surface area contributed by atoms with Crippen LogP contribution in [0.4, 0.5) is 5.13 Å². The fraction of sp³-hybridized carbons (Fsp3) is 0.368. The minimum Gasteiger partial charge on any atom is -0.484 e. The number of hydrogen-bond donors (Lipinski definition) is 1. The molecule has 1 N–H and O–H groups in total. The van der Waals surface area contributed by atoms with Gasteiger partial charge in [0.05, 0.1) is 11.4 Å². The molecule has 28 heavy (non-hydrogen) atoms. The molecule has 0 aliphatic rings. The first kappa shape index (κ1) is 20.3. The van der Waals surface area contributed by atoms with Gasteiger partial charge < -0.3 is 14.5 Å². The van der Waals surface area contributed by atoms with E-state index in [1.54, 1.807) is 0 Å². The van der Waals surface area contributed by atoms with Crippen LogP contribution in [-0.2, 0) is 11.4 Å². The Hall–Kier alpha value is -2.39. The number of thiazole rings is 1. The van der Waals surface area contributed by atoms with Gasteiger partial charge in [0.25, 0.3) is 11.1 Å². The smallest absolute Gasteiger partial charge is 0.277 e. The molecule has 0 saturated carbocycles. The van der Waals surface area contributed by atoms with Crippen LogP contribution >= 0.6 is 23.1 Å². The van der Waals surface area contributed by atoms with E-state index in [0.717, 1.165) is 22.6 Å². The Morgan fingerprint density at radius 1 is 1.32 bits per heavy atom. The van der Waals surface area contributed by atoms with Gasteiger partial charge in [0, 0.05) is 5.38 Å². The number of ether oxygens (including phenoxy) is 1. The molecule has 3 rings (SSSR count). The van der Waals surface area contributed by atoms with E-state index in [4.69, 9.17) is 9.15 Å². The topological polar surface area (TPSA) is 90.1 Å². The van der Waals surface area contributed by atoms with Crippen molar-refractivity contribution >= 4 is 34.1 Å². The van der Waals surface area contributed by atoms with Crippen LogP contribution in [0.3, 0.4) is 0 Å². The quantitative estimate of drug-likeness (QED) is 0.536. The van der Waals surface area contributed by atoms with Crippen molar-refractivity contribution in [3.63, 3.8) is 0 Å². The van der Waals surface area contributed by atoms with Gasteiger partial charge in [-0.15, -0.1) is 21.5 Å². The molecule has 148 valence electrons. The van der Waals surface area contributed by atoms with E-state index in [1.165, 1.54) is 23.1 Å². The lowest BCUT2D eigenvalue weighted by atomic mass is 10.0. The average Bonchev–Trinajstić information content (AvgIpc) is 3.26. The van der Waals surface area contributed by atoms with Crippen LogP contribution in [0.25, 0.3) is 0 Å². The molecule has 0 bridgehead atoms. The van der Waals surface area contributed by atoms with Gasteiger partial charge in [-0.3, -0.25) is 4.79 Å². The van der Waals surface area contributed by atoms with Crippen LogP contribution in [0, 0.1) is 13.8 Å². The minimum absolute atomic E-state index is 0.163. The monoisotopic (exact) mass is 418 g/mol. The number of carbonyl (C=O) groups is 1. The fourth-order valence-corrected chi connectivity index (χ4v) is 3.72. The van der Waals surface area contributed by atoms with E-state index in [1.807, 2.05) is 25.3 Å². The zero-order valence-corrected chi connectivity index (χ0v) is 17.8. The van der Waals surface area contributed by atoms with E-state index in [0.29, 0.717) is 22.2 Å². The maximum absolute atomic E-state index is 12.0. The zero-order chi connectivity index (χ0) is 20.1. The minimum atomic E-state index is -0.170. The maximum Gasteiger partial charge on any atom is 0.277 e. The molecule has 0 spiro atoms. The summed E-state index contributed by atoms with van der Waals surface area (Å²) >= 11 is 2.57. The summed E-state index contributed by atoms with van der Waals surface area (Å²) in [5.41, 5.74) is 3.14. The van der Waals surface area contributed by atoms with Crippen molar-refractivity contribution in [1.82, 2.24) is 15.2 Å². The average molecular weight is 419 g/mol. The van der Waals surface area contributed by atoms with Gasteiger partial charge in [0.2, 0.25) is 5.91 Å². The van der Waals surface area contributed by atoms with E-state index in [2.05, 4.69) is 46.5 Å². The molecule has 0 radical (unpaired) electrons. The predicted molar refractivity (Wildman–Crippen MR) is 110 cm³/mol. The Morgan fingerprint density at radius 3 is 2.86 bits per heavy atom. The normalized spacial score (nSPS) is 11.0. The Kier molecular flexibility index (Phi) is 6.69. The largest absolute Gasteiger partial charge is 0.484 e. The van der Waals surface area contributed by atoms with Gasteiger partial charge in [-0.1, -0.05) is 37.7 Å². The van der Waals surface area contributed by atoms with E-state index >= 15 is 0 Å². The fourth-order valence-electron chi connectivity index (χ4n) is 2.43. The lowest BCUT2D eigenvalue weighted by Gasteiger charge is -2.13. The SMILES string of the molecule is Cc1ccc(C(C)C)c(OCc2nnc(SCC(=O)Nc3nc(C)cs3)o2)c1. The first-order valence-corrected chi connectivity index (χ1v) is 10.7. The Labute approximate surface area is 171 Å². The third kappa shape index (κ3) is 5.56. The maximum atomic E-state index is 12.0. The second kappa shape index (κ2) is 9.20. The van der Waals surface area contributed by atoms with Gasteiger partial charge in [-0.25, -0.2) is 4.98 Å². The lowest BCUT2D eigenvalue weighted by Crippen LogP contribution is -2.13. The van der Waals surface area contributed by atoms with Crippen molar-refractivity contribution in [1.29, 1.82) is 0 Å². The summed E-state index contributed by atoms with van der Waals surface area (Å²) in [6.07, 6.45) is 0. The third-order valence-electron chi connectivity index (χ3n) is 3.78. The molecule has 1 amide bonds. The first-order valence-electron chi connectivity index (χ1n) is 8.81. The van der Waals surface area contributed by atoms with Crippen molar-refractivity contribution in [3.05, 3.63) is 46.3 Å². The van der Waals surface area contributed by atoms with Crippen LogP contribution in [0.2, 0.25) is 0 Å². The molecule has 0 aliphatic heterocycles. The summed E-state index contributed by atoms with van der Waals surface area (Å²) in [5, 5.41) is 13.5. The van der Waals surface area contributed by atoms with Crippen molar-refractivity contribution in [2.75, 3.05) is 11.1 Å². The van der Waals surface area contributed by atoms with Crippen LogP contribution in [-0.4, -0.2) is 26.8 Å². The number of anilines is 1. The van der Waals surface area contributed by atoms with E-state index < -0.39 is 0 Å². The molecule has 2 aromatic heterocycles. The molecule has 0 unspecified atom stereocenters. The molecule has 3 aromatic rings. The number of rotatable bonds is 8. The number of carbonyl (C=O) groups excluding carboxylic acids is 1. The number of hydrogen-bond acceptors (Lipinski definition) is 8. The number of nitrogens with one attached hydrogen (secondary N) is 1. The molecule has 1 aromatic carbocycles. The number of benzene rings is 1. The molecule has 0 aliphatic carbocycles. The summed E-state index contributed by atoms with van der Waals surface area (Å²) in [4.78, 5) is 16.2. The number of nitrogens with zero attached hydrogens (tertiary/aromatic N) is 3. The van der Waals surface area contributed by atoms with Gasteiger partial charge >= 0.3 is 0 Å². The predicted octanol–water partition coefficient (Wildman–Crippen LogP) is 4.58. The van der Waals surface area contributed by atoms with Gasteiger partial charge in [0.15, 0.2) is 11.7 Å². The van der Waals surface area contributed by atoms with Crippen molar-refractivity contribution in [2.24, 2.45) is 0 Å². The lowest BCUT2D eigenvalue weighted by molar-refractivity contribution is -0.113. The Morgan fingerprint density at radius 2 is 2.14 bits per heavy atom. The van der Waals surface area contributed by atoms with Crippen molar-refractivity contribution < 1.29 is 13.9 Å². The summed E-state index contributed by atoms with van der Waals surface area (Å²) < 4.78 is 11.5. The Bertz CT molecular complexity index is 952. The molecule has 0 saturated heterocycles. The van der Waals surface area contributed by atoms with Crippen LogP contribution < -0.4 is 10.1 Å². The van der Waals surface area contributed by atoms with E-state index in [-0.39, 0.29) is 18.3 Å². The molecule has 2 heterocycles. The van der Waals surface area contributed by atoms with Gasteiger partial charge in [0.1, 0.15) is 5.75 Å². The molecular weight excluding hydrogens is 396 g/mol. The van der Waals surface area contributed by atoms with Crippen molar-refractivity contribution in [2.45, 2.75) is 45.4 Å². The van der Waals surface area contributed by atoms with Crippen molar-refractivity contribution in [3.8, 4) is 5.75 Å². The molecule has 9 heteroatoms. The summed E-state index contributed by atoms with van der Waals surface area (Å²) in [7, 11) is 0. The number of amides is 1. The summed E-state index contributed by atoms with van der Waals surface area (Å²) in [6.45, 7) is 8.33. The number of aryl methyl sites for hydroxylation is 2. The van der Waals surface area contributed by atoms with Gasteiger partial charge in [-0.2, -0.15) is 0 Å². The number of aromatic nitrogens is 3. The highest BCUT2D eigenvalue weighted by atomic mass is 32.2. The van der Waals surface area contributed by atoms with E-state index in [9.17, 15) is 4.79 Å². The summed E-state index contributed by atoms with van der Waals surface area (Å²) in [6, 6.07) is 6.15. The molecule has 7 nitrogen and oxygen atoms in total. The highest BCUT2D eigenvalue weighted by Crippen LogP contribution is 2.28. The van der Waals surface area contributed by atoms with Gasteiger partial charge in [-0.05, 0) is 37.0 Å². The second-order valence-electron chi connectivity index (χ2n) is 6.58. The number of thioether (sulfide) groups is 1. The highest BCUT2D eigenvalue weighted by Gasteiger charge is 2.13. The zero-order valence-electron chi connectivity index (χ0n) is 16.2. The summed E-state index contributed by atoms with van der Waals surface area (Å²) in [5.74, 6) is 1.53. The first-order chi connectivity index (χ1) is 13.4. The molecular formula is C19H22N4O3S2. The Balaban J connectivity index is 1.52. The standard InChI is InChI=1S/C19H22N4O3S2/c1-11(2)14-6-5-12(3)7-15(14)25-8-17-22-23-19(26-17)28-10-16(24)21-18-20-13(4)9-27-18/h5-7,9,11H,8,10H2,1-4H3,(H,20,21,24). The van der Waals surface area contributed by atoms with Crippen LogP contribution in [0.5, 0.6) is 5.75 Å². The molecule has 0 atom stereocenters. The highest BCUT2D eigenvalue weighted by molar-refractivity contribution is 7.99. The van der Waals surface area contributed by atoms with Crippen LogP contribution in [0.1, 0.15) is 42.5 Å². The second-order valence-corrected chi connectivity index (χ2v) is 8.36. The van der Waals surface area contributed by atoms with Crippen LogP contribution in [0.15, 0.2) is 33.2 Å². The third-order valence-corrected chi connectivity index (χ3v) is 5.48. The molecule has 0 fully saturated rings.